The van der Waals surface area contributed by atoms with E-state index in [0.717, 1.165) is 40.7 Å². The van der Waals surface area contributed by atoms with Crippen molar-refractivity contribution in [3.05, 3.63) is 63.9 Å². The summed E-state index contributed by atoms with van der Waals surface area (Å²) in [5.41, 5.74) is 4.65. The summed E-state index contributed by atoms with van der Waals surface area (Å²) in [5.74, 6) is 0.0263. The Hall–Kier alpha value is -2.88. The van der Waals surface area contributed by atoms with Gasteiger partial charge in [-0.15, -0.1) is 0 Å². The van der Waals surface area contributed by atoms with Crippen molar-refractivity contribution in [2.24, 2.45) is 7.05 Å². The Morgan fingerprint density at radius 3 is 2.48 bits per heavy atom. The molecule has 0 spiro atoms. The Balaban J connectivity index is 1.89. The SMILES string of the molecule is CCCCCCNc1ccc2c3c(cc(=O)n2C)-c2ccccc2C(=O)c13. The van der Waals surface area contributed by atoms with Gasteiger partial charge in [-0.05, 0) is 29.7 Å². The van der Waals surface area contributed by atoms with Gasteiger partial charge < -0.3 is 9.88 Å². The predicted octanol–water partition coefficient (Wildman–Crippen LogP) is 4.74. The third kappa shape index (κ3) is 2.85. The molecular formula is C23H24N2O2. The van der Waals surface area contributed by atoms with Crippen LogP contribution in [0.15, 0.2) is 47.3 Å². The molecular weight excluding hydrogens is 336 g/mol. The number of benzene rings is 2. The van der Waals surface area contributed by atoms with Crippen molar-refractivity contribution >= 4 is 22.4 Å². The Bertz CT molecular complexity index is 1100. The molecule has 0 fully saturated rings. The second-order valence-electron chi connectivity index (χ2n) is 7.20. The fourth-order valence-electron chi connectivity index (χ4n) is 3.98. The molecule has 138 valence electrons. The smallest absolute Gasteiger partial charge is 0.251 e. The number of ketones is 1. The number of carbonyl (C=O) groups is 1. The molecule has 0 bridgehead atoms. The minimum Gasteiger partial charge on any atom is -0.384 e. The first-order chi connectivity index (χ1) is 13.1. The number of nitrogens with one attached hydrogen (secondary N) is 1. The molecule has 0 aliphatic heterocycles. The van der Waals surface area contributed by atoms with Crippen LogP contribution in [0, 0.1) is 0 Å². The molecule has 0 atom stereocenters. The van der Waals surface area contributed by atoms with Crippen LogP contribution in [-0.4, -0.2) is 16.9 Å². The lowest BCUT2D eigenvalue weighted by molar-refractivity contribution is 0.104. The average Bonchev–Trinajstić information content (AvgIpc) is 2.69. The standard InChI is InChI=1S/C23H24N2O2/c1-3-4-5-8-13-24-18-11-12-19-21-17(14-20(26)25(19)2)15-9-6-7-10-16(15)23(27)22(18)21/h6-7,9-12,14,24H,3-5,8,13H2,1-2H3. The van der Waals surface area contributed by atoms with Crippen LogP contribution in [0.5, 0.6) is 0 Å². The van der Waals surface area contributed by atoms with Crippen LogP contribution in [0.1, 0.15) is 48.5 Å². The van der Waals surface area contributed by atoms with Gasteiger partial charge in [-0.25, -0.2) is 0 Å². The highest BCUT2D eigenvalue weighted by molar-refractivity contribution is 6.28. The van der Waals surface area contributed by atoms with Crippen molar-refractivity contribution in [1.82, 2.24) is 4.57 Å². The van der Waals surface area contributed by atoms with E-state index in [1.165, 1.54) is 19.3 Å². The minimum absolute atomic E-state index is 0.0263. The fraction of sp³-hybridized carbons (Fsp3) is 0.304. The number of fused-ring (bicyclic) bond motifs is 2. The number of unbranched alkanes of at least 4 members (excludes halogenated alkanes) is 3. The first-order valence-corrected chi connectivity index (χ1v) is 9.68. The number of anilines is 1. The zero-order valence-electron chi connectivity index (χ0n) is 15.8. The molecule has 1 N–H and O–H groups in total. The first kappa shape index (κ1) is 17.5. The van der Waals surface area contributed by atoms with Crippen molar-refractivity contribution in [2.45, 2.75) is 32.6 Å². The van der Waals surface area contributed by atoms with E-state index in [0.29, 0.717) is 11.1 Å². The number of rotatable bonds is 6. The van der Waals surface area contributed by atoms with Gasteiger partial charge in [-0.3, -0.25) is 9.59 Å². The highest BCUT2D eigenvalue weighted by Gasteiger charge is 2.28. The summed E-state index contributed by atoms with van der Waals surface area (Å²) in [7, 11) is 1.76. The zero-order chi connectivity index (χ0) is 19.0. The highest BCUT2D eigenvalue weighted by atomic mass is 16.1. The van der Waals surface area contributed by atoms with E-state index in [1.54, 1.807) is 17.7 Å². The van der Waals surface area contributed by atoms with E-state index in [2.05, 4.69) is 12.2 Å². The summed E-state index contributed by atoms with van der Waals surface area (Å²) >= 11 is 0. The number of pyridine rings is 1. The monoisotopic (exact) mass is 360 g/mol. The quantitative estimate of drug-likeness (QED) is 0.505. The average molecular weight is 360 g/mol. The maximum Gasteiger partial charge on any atom is 0.251 e. The van der Waals surface area contributed by atoms with Gasteiger partial charge in [0, 0.05) is 36.3 Å². The van der Waals surface area contributed by atoms with E-state index < -0.39 is 0 Å². The molecule has 4 rings (SSSR count). The second kappa shape index (κ2) is 7.03. The molecule has 1 aromatic heterocycles. The van der Waals surface area contributed by atoms with Gasteiger partial charge in [-0.1, -0.05) is 50.5 Å². The summed E-state index contributed by atoms with van der Waals surface area (Å²) < 4.78 is 1.62. The molecule has 4 nitrogen and oxygen atoms in total. The van der Waals surface area contributed by atoms with E-state index in [1.807, 2.05) is 36.4 Å². The lowest BCUT2D eigenvalue weighted by atomic mass is 9.83. The van der Waals surface area contributed by atoms with Crippen LogP contribution < -0.4 is 10.9 Å². The number of nitrogens with zero attached hydrogens (tertiary/aromatic N) is 1. The summed E-state index contributed by atoms with van der Waals surface area (Å²) in [6.45, 7) is 3.04. The molecule has 0 saturated carbocycles. The van der Waals surface area contributed by atoms with Crippen molar-refractivity contribution in [2.75, 3.05) is 11.9 Å². The lowest BCUT2D eigenvalue weighted by Gasteiger charge is -2.23. The number of aryl methyl sites for hydroxylation is 1. The highest BCUT2D eigenvalue weighted by Crippen LogP contribution is 2.41. The molecule has 0 amide bonds. The van der Waals surface area contributed by atoms with Gasteiger partial charge in [0.2, 0.25) is 0 Å². The van der Waals surface area contributed by atoms with Crippen molar-refractivity contribution in [3.8, 4) is 11.1 Å². The molecule has 2 aromatic carbocycles. The molecule has 0 saturated heterocycles. The number of hydrogen-bond donors (Lipinski definition) is 1. The molecule has 27 heavy (non-hydrogen) atoms. The Kier molecular flexibility index (Phi) is 4.56. The molecule has 3 aromatic rings. The van der Waals surface area contributed by atoms with Crippen LogP contribution >= 0.6 is 0 Å². The fourth-order valence-corrected chi connectivity index (χ4v) is 3.98. The molecule has 1 aliphatic carbocycles. The number of aromatic nitrogens is 1. The molecule has 0 unspecified atom stereocenters. The Morgan fingerprint density at radius 2 is 1.70 bits per heavy atom. The van der Waals surface area contributed by atoms with Crippen molar-refractivity contribution in [3.63, 3.8) is 0 Å². The van der Waals surface area contributed by atoms with Gasteiger partial charge in [0.05, 0.1) is 11.1 Å². The minimum atomic E-state index is -0.0622. The van der Waals surface area contributed by atoms with Crippen molar-refractivity contribution in [1.29, 1.82) is 0 Å². The van der Waals surface area contributed by atoms with E-state index in [-0.39, 0.29) is 11.3 Å². The Morgan fingerprint density at radius 1 is 0.926 bits per heavy atom. The van der Waals surface area contributed by atoms with Crippen LogP contribution in [0.3, 0.4) is 0 Å². The molecule has 1 heterocycles. The maximum atomic E-state index is 13.3. The summed E-state index contributed by atoms with van der Waals surface area (Å²) in [6.07, 6.45) is 4.69. The van der Waals surface area contributed by atoms with Gasteiger partial charge in [-0.2, -0.15) is 0 Å². The Labute approximate surface area is 158 Å². The third-order valence-corrected chi connectivity index (χ3v) is 5.45. The largest absolute Gasteiger partial charge is 0.384 e. The molecule has 0 radical (unpaired) electrons. The maximum absolute atomic E-state index is 13.3. The van der Waals surface area contributed by atoms with Gasteiger partial charge in [0.1, 0.15) is 0 Å². The summed E-state index contributed by atoms with van der Waals surface area (Å²) in [6, 6.07) is 13.1. The summed E-state index contributed by atoms with van der Waals surface area (Å²) in [4.78, 5) is 25.8. The van der Waals surface area contributed by atoms with Crippen LogP contribution in [0.4, 0.5) is 5.69 Å². The van der Waals surface area contributed by atoms with Gasteiger partial charge >= 0.3 is 0 Å². The molecule has 4 heteroatoms. The van der Waals surface area contributed by atoms with Gasteiger partial charge in [0.15, 0.2) is 5.78 Å². The van der Waals surface area contributed by atoms with Crippen LogP contribution in [0.2, 0.25) is 0 Å². The van der Waals surface area contributed by atoms with Gasteiger partial charge in [0.25, 0.3) is 5.56 Å². The summed E-state index contributed by atoms with van der Waals surface area (Å²) in [5, 5.41) is 4.34. The predicted molar refractivity (Wildman–Crippen MR) is 111 cm³/mol. The third-order valence-electron chi connectivity index (χ3n) is 5.45. The number of hydrogen-bond acceptors (Lipinski definition) is 3. The van der Waals surface area contributed by atoms with E-state index in [4.69, 9.17) is 0 Å². The number of carbonyl (C=O) groups excluding carboxylic acids is 1. The van der Waals surface area contributed by atoms with E-state index >= 15 is 0 Å². The molecule has 1 aliphatic rings. The van der Waals surface area contributed by atoms with Crippen LogP contribution in [0.25, 0.3) is 22.0 Å². The van der Waals surface area contributed by atoms with Crippen LogP contribution in [-0.2, 0) is 7.05 Å². The van der Waals surface area contributed by atoms with Crippen molar-refractivity contribution < 1.29 is 4.79 Å². The normalized spacial score (nSPS) is 12.3. The zero-order valence-corrected chi connectivity index (χ0v) is 15.8. The van der Waals surface area contributed by atoms with E-state index in [9.17, 15) is 9.59 Å². The first-order valence-electron chi connectivity index (χ1n) is 9.68. The topological polar surface area (TPSA) is 51.1 Å². The lowest BCUT2D eigenvalue weighted by Crippen LogP contribution is -2.21. The second-order valence-corrected chi connectivity index (χ2v) is 7.20.